The summed E-state index contributed by atoms with van der Waals surface area (Å²) in [6, 6.07) is 34.0. The molecule has 41 heavy (non-hydrogen) atoms. The van der Waals surface area contributed by atoms with Gasteiger partial charge < -0.3 is 9.72 Å². The number of esters is 1. The van der Waals surface area contributed by atoms with Gasteiger partial charge in [-0.1, -0.05) is 98.6 Å². The number of hydrogen-bond donors (Lipinski definition) is 2. The van der Waals surface area contributed by atoms with E-state index < -0.39 is 11.9 Å². The van der Waals surface area contributed by atoms with Crippen molar-refractivity contribution in [1.29, 1.82) is 0 Å². The molecule has 0 saturated heterocycles. The number of hydrazone groups is 1. The maximum Gasteiger partial charge on any atom is 0.343 e. The number of fused-ring (bicyclic) bond motifs is 3. The zero-order chi connectivity index (χ0) is 28.3. The van der Waals surface area contributed by atoms with Gasteiger partial charge in [0, 0.05) is 30.8 Å². The summed E-state index contributed by atoms with van der Waals surface area (Å²) in [5.41, 5.74) is 6.55. The second-order valence-corrected chi connectivity index (χ2v) is 11.1. The maximum atomic E-state index is 13.5. The summed E-state index contributed by atoms with van der Waals surface area (Å²) in [7, 11) is 0. The smallest absolute Gasteiger partial charge is 0.343 e. The molecule has 1 amide bonds. The molecule has 1 heterocycles. The molecule has 200 valence electrons. The Balaban J connectivity index is 1.31. The summed E-state index contributed by atoms with van der Waals surface area (Å²) in [6.07, 6.45) is 1.45. The van der Waals surface area contributed by atoms with E-state index in [0.29, 0.717) is 22.6 Å². The fourth-order valence-corrected chi connectivity index (χ4v) is 5.33. The summed E-state index contributed by atoms with van der Waals surface area (Å²) < 4.78 is 7.27. The Morgan fingerprint density at radius 1 is 0.780 bits per heavy atom. The number of ether oxygens (including phenoxy) is 1. The second-order valence-electron chi connectivity index (χ2n) is 9.23. The first kappa shape index (κ1) is 26.7. The van der Waals surface area contributed by atoms with Crippen molar-refractivity contribution in [2.75, 3.05) is 0 Å². The van der Waals surface area contributed by atoms with Crippen LogP contribution in [0.1, 0.15) is 26.4 Å². The van der Waals surface area contributed by atoms with E-state index >= 15 is 0 Å². The van der Waals surface area contributed by atoms with Crippen LogP contribution < -0.4 is 10.2 Å². The van der Waals surface area contributed by atoms with Crippen LogP contribution in [0, 0.1) is 0 Å². The van der Waals surface area contributed by atoms with Crippen molar-refractivity contribution in [3.8, 4) is 16.9 Å². The number of halogens is 2. The molecule has 0 spiro atoms. The van der Waals surface area contributed by atoms with Crippen LogP contribution in [0.4, 0.5) is 0 Å². The first-order valence-corrected chi connectivity index (χ1v) is 14.3. The number of benzene rings is 5. The van der Waals surface area contributed by atoms with Crippen molar-refractivity contribution in [2.24, 2.45) is 5.10 Å². The SMILES string of the molecule is O=C(Oc1ccc(Br)cc1C=NNC(=O)c1[nH]c2c(ccc3ccccc32)c1-c1ccccc1)c1ccc(Br)cc1. The number of nitrogens with one attached hydrogen (secondary N) is 2. The highest BCUT2D eigenvalue weighted by atomic mass is 79.9. The van der Waals surface area contributed by atoms with Crippen molar-refractivity contribution in [3.63, 3.8) is 0 Å². The van der Waals surface area contributed by atoms with Crippen LogP contribution in [0.2, 0.25) is 0 Å². The monoisotopic (exact) mass is 665 g/mol. The molecule has 0 bridgehead atoms. The van der Waals surface area contributed by atoms with Crippen molar-refractivity contribution < 1.29 is 14.3 Å². The maximum absolute atomic E-state index is 13.5. The summed E-state index contributed by atoms with van der Waals surface area (Å²) in [5, 5.41) is 7.26. The van der Waals surface area contributed by atoms with Crippen molar-refractivity contribution in [3.05, 3.63) is 135 Å². The molecule has 0 aliphatic heterocycles. The molecule has 6 rings (SSSR count). The van der Waals surface area contributed by atoms with E-state index in [4.69, 9.17) is 4.74 Å². The normalized spacial score (nSPS) is 11.3. The lowest BCUT2D eigenvalue weighted by atomic mass is 9.99. The summed E-state index contributed by atoms with van der Waals surface area (Å²) in [5.74, 6) is -0.596. The van der Waals surface area contributed by atoms with Crippen LogP contribution >= 0.6 is 31.9 Å². The Labute approximate surface area is 252 Å². The number of carbonyl (C=O) groups is 2. The number of aromatic amines is 1. The highest BCUT2D eigenvalue weighted by molar-refractivity contribution is 9.10. The van der Waals surface area contributed by atoms with E-state index in [0.717, 1.165) is 41.7 Å². The van der Waals surface area contributed by atoms with Crippen molar-refractivity contribution in [2.45, 2.75) is 0 Å². The van der Waals surface area contributed by atoms with Gasteiger partial charge >= 0.3 is 5.97 Å². The summed E-state index contributed by atoms with van der Waals surface area (Å²) in [6.45, 7) is 0. The van der Waals surface area contributed by atoms with Crippen molar-refractivity contribution in [1.82, 2.24) is 10.4 Å². The molecule has 5 aromatic carbocycles. The van der Waals surface area contributed by atoms with Gasteiger partial charge in [0.25, 0.3) is 5.91 Å². The Morgan fingerprint density at radius 2 is 1.51 bits per heavy atom. The van der Waals surface area contributed by atoms with Crippen LogP contribution in [0.3, 0.4) is 0 Å². The van der Waals surface area contributed by atoms with E-state index in [1.807, 2.05) is 60.7 Å². The molecule has 6 nitrogen and oxygen atoms in total. The number of hydrogen-bond acceptors (Lipinski definition) is 4. The average molecular weight is 667 g/mol. The van der Waals surface area contributed by atoms with E-state index in [1.165, 1.54) is 6.21 Å². The number of H-pyrrole nitrogens is 1. The molecule has 8 heteroatoms. The Morgan fingerprint density at radius 3 is 2.32 bits per heavy atom. The van der Waals surface area contributed by atoms with Crippen LogP contribution in [-0.4, -0.2) is 23.1 Å². The minimum Gasteiger partial charge on any atom is -0.422 e. The third-order valence-corrected chi connectivity index (χ3v) is 7.63. The molecule has 0 fully saturated rings. The largest absolute Gasteiger partial charge is 0.422 e. The number of rotatable bonds is 6. The van der Waals surface area contributed by atoms with Crippen LogP contribution in [-0.2, 0) is 0 Å². The zero-order valence-electron chi connectivity index (χ0n) is 21.4. The minimum atomic E-state index is -0.503. The Hall–Kier alpha value is -4.53. The molecule has 2 N–H and O–H groups in total. The molecular formula is C33H21Br2N3O3. The molecular weight excluding hydrogens is 646 g/mol. The molecule has 0 unspecified atom stereocenters. The molecule has 0 aliphatic rings. The van der Waals surface area contributed by atoms with Gasteiger partial charge in [0.1, 0.15) is 11.4 Å². The third kappa shape index (κ3) is 5.57. The highest BCUT2D eigenvalue weighted by Crippen LogP contribution is 2.36. The van der Waals surface area contributed by atoms with Gasteiger partial charge in [-0.2, -0.15) is 5.10 Å². The fraction of sp³-hybridized carbons (Fsp3) is 0. The molecule has 0 saturated carbocycles. The van der Waals surface area contributed by atoms with Gasteiger partial charge in [-0.05, 0) is 53.4 Å². The Kier molecular flexibility index (Phi) is 7.50. The van der Waals surface area contributed by atoms with E-state index in [-0.39, 0.29) is 0 Å². The lowest BCUT2D eigenvalue weighted by Gasteiger charge is -2.08. The second kappa shape index (κ2) is 11.5. The predicted molar refractivity (Wildman–Crippen MR) is 170 cm³/mol. The molecule has 1 aromatic heterocycles. The minimum absolute atomic E-state index is 0.307. The third-order valence-electron chi connectivity index (χ3n) is 6.61. The van der Waals surface area contributed by atoms with E-state index in [9.17, 15) is 9.59 Å². The van der Waals surface area contributed by atoms with Crippen molar-refractivity contribution >= 4 is 71.6 Å². The summed E-state index contributed by atoms with van der Waals surface area (Å²) in [4.78, 5) is 29.6. The highest BCUT2D eigenvalue weighted by Gasteiger charge is 2.20. The predicted octanol–water partition coefficient (Wildman–Crippen LogP) is 8.50. The molecule has 0 aliphatic carbocycles. The molecule has 6 aromatic rings. The van der Waals surface area contributed by atoms with E-state index in [2.05, 4.69) is 53.4 Å². The first-order chi connectivity index (χ1) is 20.0. The average Bonchev–Trinajstić information content (AvgIpc) is 3.39. The quantitative estimate of drug-likeness (QED) is 0.0809. The fourth-order valence-electron chi connectivity index (χ4n) is 4.69. The van der Waals surface area contributed by atoms with E-state index in [1.54, 1.807) is 42.5 Å². The lowest BCUT2D eigenvalue weighted by Crippen LogP contribution is -2.19. The van der Waals surface area contributed by atoms with Crippen LogP contribution in [0.5, 0.6) is 5.75 Å². The zero-order valence-corrected chi connectivity index (χ0v) is 24.6. The van der Waals surface area contributed by atoms with Gasteiger partial charge in [-0.15, -0.1) is 0 Å². The standard InChI is InChI=1S/C33H21Br2N3O3/c34-24-13-10-22(11-14-24)33(40)41-28-17-15-25(35)18-23(28)19-36-38-32(39)31-29(21-7-2-1-3-8-21)27-16-12-20-6-4-5-9-26(20)30(27)37-31/h1-19,37H,(H,38,39). The summed E-state index contributed by atoms with van der Waals surface area (Å²) >= 11 is 6.81. The van der Waals surface area contributed by atoms with Gasteiger partial charge in [0.2, 0.25) is 0 Å². The van der Waals surface area contributed by atoms with Gasteiger partial charge in [0.15, 0.2) is 0 Å². The lowest BCUT2D eigenvalue weighted by molar-refractivity contribution is 0.0734. The first-order valence-electron chi connectivity index (χ1n) is 12.7. The number of amides is 1. The van der Waals surface area contributed by atoms with Gasteiger partial charge in [-0.25, -0.2) is 10.2 Å². The number of aromatic nitrogens is 1. The van der Waals surface area contributed by atoms with Crippen LogP contribution in [0.25, 0.3) is 32.8 Å². The number of carbonyl (C=O) groups excluding carboxylic acids is 2. The molecule has 0 atom stereocenters. The Bertz CT molecular complexity index is 1950. The van der Waals surface area contributed by atoms with Gasteiger partial charge in [0.05, 0.1) is 17.3 Å². The van der Waals surface area contributed by atoms with Gasteiger partial charge in [-0.3, -0.25) is 4.79 Å². The van der Waals surface area contributed by atoms with Crippen LogP contribution in [0.15, 0.2) is 123 Å². The molecule has 0 radical (unpaired) electrons. The number of nitrogens with zero attached hydrogens (tertiary/aromatic N) is 1. The topological polar surface area (TPSA) is 83.5 Å².